The van der Waals surface area contributed by atoms with E-state index in [9.17, 15) is 4.79 Å². The van der Waals surface area contributed by atoms with Crippen LogP contribution >= 0.6 is 24.8 Å². The molecule has 19 heavy (non-hydrogen) atoms. The maximum absolute atomic E-state index is 12.0. The second-order valence-electron chi connectivity index (χ2n) is 4.75. The molecule has 1 heterocycles. The van der Waals surface area contributed by atoms with Gasteiger partial charge < -0.3 is 11.1 Å². The molecule has 108 valence electrons. The van der Waals surface area contributed by atoms with Gasteiger partial charge in [0.2, 0.25) is 0 Å². The first-order chi connectivity index (χ1) is 8.16. The number of rotatable bonds is 2. The van der Waals surface area contributed by atoms with Crippen molar-refractivity contribution in [1.29, 1.82) is 0 Å². The average Bonchev–Trinajstić information content (AvgIpc) is 2.32. The zero-order valence-corrected chi connectivity index (χ0v) is 12.6. The highest BCUT2D eigenvalue weighted by Crippen LogP contribution is 2.17. The minimum Gasteiger partial charge on any atom is -0.348 e. The van der Waals surface area contributed by atoms with Crippen LogP contribution in [0.5, 0.6) is 0 Å². The van der Waals surface area contributed by atoms with Gasteiger partial charge >= 0.3 is 0 Å². The Bertz CT molecular complexity index is 407. The zero-order chi connectivity index (χ0) is 12.3. The number of hydrogen-bond acceptors (Lipinski definition) is 3. The van der Waals surface area contributed by atoms with Gasteiger partial charge in [-0.15, -0.1) is 24.8 Å². The second kappa shape index (κ2) is 8.35. The monoisotopic (exact) mass is 305 g/mol. The molecular formula is C13H21Cl2N3O. The Morgan fingerprint density at radius 2 is 1.95 bits per heavy atom. The van der Waals surface area contributed by atoms with E-state index in [1.807, 2.05) is 19.1 Å². The first kappa shape index (κ1) is 18.2. The molecule has 1 amide bonds. The van der Waals surface area contributed by atoms with E-state index in [0.717, 1.165) is 31.2 Å². The van der Waals surface area contributed by atoms with E-state index < -0.39 is 0 Å². The molecule has 1 saturated carbocycles. The first-order valence-corrected chi connectivity index (χ1v) is 6.15. The molecule has 2 rings (SSSR count). The maximum atomic E-state index is 12.0. The third-order valence-electron chi connectivity index (χ3n) is 3.33. The van der Waals surface area contributed by atoms with Crippen molar-refractivity contribution in [2.24, 2.45) is 5.73 Å². The van der Waals surface area contributed by atoms with Gasteiger partial charge in [0.05, 0.1) is 0 Å². The van der Waals surface area contributed by atoms with Crippen LogP contribution in [0.3, 0.4) is 0 Å². The Balaban J connectivity index is 0.00000162. The SMILES string of the molecule is Cc1cccnc1C(=O)NC1CCC(N)CC1.Cl.Cl. The molecule has 1 aliphatic rings. The van der Waals surface area contributed by atoms with Gasteiger partial charge in [0.25, 0.3) is 5.91 Å². The zero-order valence-electron chi connectivity index (χ0n) is 11.0. The van der Waals surface area contributed by atoms with Gasteiger partial charge in [-0.05, 0) is 44.2 Å². The summed E-state index contributed by atoms with van der Waals surface area (Å²) >= 11 is 0. The molecule has 1 fully saturated rings. The summed E-state index contributed by atoms with van der Waals surface area (Å²) in [5.74, 6) is -0.0661. The molecule has 0 aliphatic heterocycles. The summed E-state index contributed by atoms with van der Waals surface area (Å²) < 4.78 is 0. The second-order valence-corrected chi connectivity index (χ2v) is 4.75. The highest BCUT2D eigenvalue weighted by atomic mass is 35.5. The van der Waals surface area contributed by atoms with Gasteiger partial charge in [-0.25, -0.2) is 0 Å². The molecule has 1 aromatic rings. The lowest BCUT2D eigenvalue weighted by molar-refractivity contribution is 0.0920. The van der Waals surface area contributed by atoms with Crippen LogP contribution in [0.2, 0.25) is 0 Å². The Hall–Kier alpha value is -0.840. The van der Waals surface area contributed by atoms with Crippen LogP contribution in [0, 0.1) is 6.92 Å². The van der Waals surface area contributed by atoms with Crippen LogP contribution < -0.4 is 11.1 Å². The summed E-state index contributed by atoms with van der Waals surface area (Å²) in [6, 6.07) is 4.30. The van der Waals surface area contributed by atoms with E-state index in [1.165, 1.54) is 0 Å². The number of carbonyl (C=O) groups excluding carboxylic acids is 1. The molecule has 4 nitrogen and oxygen atoms in total. The molecule has 0 unspecified atom stereocenters. The van der Waals surface area contributed by atoms with Crippen LogP contribution in [0.4, 0.5) is 0 Å². The highest BCUT2D eigenvalue weighted by Gasteiger charge is 2.21. The van der Waals surface area contributed by atoms with Crippen molar-refractivity contribution in [2.45, 2.75) is 44.7 Å². The summed E-state index contributed by atoms with van der Waals surface area (Å²) in [7, 11) is 0. The first-order valence-electron chi connectivity index (χ1n) is 6.15. The topological polar surface area (TPSA) is 68.0 Å². The van der Waals surface area contributed by atoms with Gasteiger partial charge in [-0.1, -0.05) is 6.07 Å². The van der Waals surface area contributed by atoms with E-state index in [-0.39, 0.29) is 36.8 Å². The average molecular weight is 306 g/mol. The lowest BCUT2D eigenvalue weighted by Crippen LogP contribution is -2.40. The predicted octanol–water partition coefficient (Wildman–Crippen LogP) is 2.23. The smallest absolute Gasteiger partial charge is 0.270 e. The van der Waals surface area contributed by atoms with Crippen molar-refractivity contribution in [3.8, 4) is 0 Å². The largest absolute Gasteiger partial charge is 0.348 e. The summed E-state index contributed by atoms with van der Waals surface area (Å²) in [4.78, 5) is 16.1. The highest BCUT2D eigenvalue weighted by molar-refractivity contribution is 5.93. The Morgan fingerprint density at radius 3 is 2.53 bits per heavy atom. The van der Waals surface area contributed by atoms with Crippen LogP contribution in [0.1, 0.15) is 41.7 Å². The number of nitrogens with one attached hydrogen (secondary N) is 1. The fourth-order valence-corrected chi connectivity index (χ4v) is 2.24. The molecule has 0 aromatic carbocycles. The van der Waals surface area contributed by atoms with Crippen molar-refractivity contribution < 1.29 is 4.79 Å². The molecular weight excluding hydrogens is 285 g/mol. The fourth-order valence-electron chi connectivity index (χ4n) is 2.24. The summed E-state index contributed by atoms with van der Waals surface area (Å²) in [5, 5.41) is 3.04. The maximum Gasteiger partial charge on any atom is 0.270 e. The number of pyridine rings is 1. The van der Waals surface area contributed by atoms with Crippen LogP contribution in [0.25, 0.3) is 0 Å². The van der Waals surface area contributed by atoms with Crippen molar-refractivity contribution in [2.75, 3.05) is 0 Å². The number of halogens is 2. The Labute approximate surface area is 126 Å². The lowest BCUT2D eigenvalue weighted by Gasteiger charge is -2.26. The van der Waals surface area contributed by atoms with Crippen LogP contribution in [-0.4, -0.2) is 23.0 Å². The van der Waals surface area contributed by atoms with Crippen LogP contribution in [-0.2, 0) is 0 Å². The molecule has 6 heteroatoms. The van der Waals surface area contributed by atoms with E-state index in [0.29, 0.717) is 11.7 Å². The van der Waals surface area contributed by atoms with Crippen molar-refractivity contribution in [3.05, 3.63) is 29.6 Å². The predicted molar refractivity (Wildman–Crippen MR) is 81.2 cm³/mol. The van der Waals surface area contributed by atoms with Crippen molar-refractivity contribution in [1.82, 2.24) is 10.3 Å². The number of aryl methyl sites for hydroxylation is 1. The fraction of sp³-hybridized carbons (Fsp3) is 0.538. The van der Waals surface area contributed by atoms with Gasteiger partial charge in [-0.2, -0.15) is 0 Å². The van der Waals surface area contributed by atoms with Gasteiger partial charge in [0.1, 0.15) is 5.69 Å². The van der Waals surface area contributed by atoms with Crippen molar-refractivity contribution >= 4 is 30.7 Å². The Morgan fingerprint density at radius 1 is 1.32 bits per heavy atom. The van der Waals surface area contributed by atoms with E-state index in [4.69, 9.17) is 5.73 Å². The molecule has 0 saturated heterocycles. The summed E-state index contributed by atoms with van der Waals surface area (Å²) in [6.45, 7) is 1.90. The number of carbonyl (C=O) groups is 1. The molecule has 1 aromatic heterocycles. The van der Waals surface area contributed by atoms with Gasteiger partial charge in [0.15, 0.2) is 0 Å². The van der Waals surface area contributed by atoms with Gasteiger partial charge in [-0.3, -0.25) is 9.78 Å². The number of aromatic nitrogens is 1. The van der Waals surface area contributed by atoms with E-state index in [1.54, 1.807) is 6.20 Å². The van der Waals surface area contributed by atoms with Gasteiger partial charge in [0, 0.05) is 18.3 Å². The number of hydrogen-bond donors (Lipinski definition) is 2. The lowest BCUT2D eigenvalue weighted by atomic mass is 9.92. The summed E-state index contributed by atoms with van der Waals surface area (Å²) in [6.07, 6.45) is 5.58. The Kier molecular flexibility index (Phi) is 7.99. The molecule has 0 bridgehead atoms. The molecule has 0 atom stereocenters. The quantitative estimate of drug-likeness (QED) is 0.880. The minimum atomic E-state index is -0.0661. The number of amides is 1. The third kappa shape index (κ3) is 4.97. The molecule has 0 spiro atoms. The molecule has 0 radical (unpaired) electrons. The van der Waals surface area contributed by atoms with E-state index >= 15 is 0 Å². The minimum absolute atomic E-state index is 0. The van der Waals surface area contributed by atoms with Crippen LogP contribution in [0.15, 0.2) is 18.3 Å². The van der Waals surface area contributed by atoms with E-state index in [2.05, 4.69) is 10.3 Å². The van der Waals surface area contributed by atoms with Crippen molar-refractivity contribution in [3.63, 3.8) is 0 Å². The molecule has 3 N–H and O–H groups in total. The molecule has 1 aliphatic carbocycles. The normalized spacial score (nSPS) is 21.8. The number of nitrogens with two attached hydrogens (primary N) is 1. The number of nitrogens with zero attached hydrogens (tertiary/aromatic N) is 1. The standard InChI is InChI=1S/C13H19N3O.2ClH/c1-9-3-2-8-15-12(9)13(17)16-11-6-4-10(14)5-7-11;;/h2-3,8,10-11H,4-7,14H2,1H3,(H,16,17);2*1H. The summed E-state index contributed by atoms with van der Waals surface area (Å²) in [5.41, 5.74) is 7.28. The third-order valence-corrected chi connectivity index (χ3v) is 3.33.